The maximum atomic E-state index is 4.37. The molecule has 0 spiro atoms. The van der Waals surface area contributed by atoms with Gasteiger partial charge in [-0.3, -0.25) is 5.10 Å². The molecule has 6 heteroatoms. The molecule has 0 aliphatic rings. The van der Waals surface area contributed by atoms with Crippen LogP contribution >= 0.6 is 11.5 Å². The molecule has 0 atom stereocenters. The van der Waals surface area contributed by atoms with Gasteiger partial charge in [0.2, 0.25) is 5.13 Å². The van der Waals surface area contributed by atoms with E-state index in [2.05, 4.69) is 38.7 Å². The van der Waals surface area contributed by atoms with Crippen LogP contribution in [0.4, 0.5) is 5.13 Å². The van der Waals surface area contributed by atoms with Crippen molar-refractivity contribution in [1.29, 1.82) is 0 Å². The molecule has 0 fully saturated rings. The Morgan fingerprint density at radius 1 is 1.53 bits per heavy atom. The topological polar surface area (TPSA) is 66.5 Å². The lowest BCUT2D eigenvalue weighted by molar-refractivity contribution is 0.799. The van der Waals surface area contributed by atoms with Crippen LogP contribution in [0.5, 0.6) is 0 Å². The lowest BCUT2D eigenvalue weighted by Crippen LogP contribution is -1.99. The summed E-state index contributed by atoms with van der Waals surface area (Å²) in [4.78, 5) is 4.37. The number of anilines is 1. The van der Waals surface area contributed by atoms with Crippen LogP contribution in [0, 0.1) is 0 Å². The van der Waals surface area contributed by atoms with Crippen molar-refractivity contribution in [2.75, 3.05) is 5.32 Å². The van der Waals surface area contributed by atoms with Gasteiger partial charge in [-0.05, 0) is 6.07 Å². The number of hydrogen-bond donors (Lipinski definition) is 2. The third-order valence-electron chi connectivity index (χ3n) is 1.95. The minimum Gasteiger partial charge on any atom is -0.355 e. The molecule has 2 rings (SSSR count). The van der Waals surface area contributed by atoms with Crippen molar-refractivity contribution in [3.05, 3.63) is 23.8 Å². The zero-order valence-electron chi connectivity index (χ0n) is 8.69. The fourth-order valence-electron chi connectivity index (χ4n) is 1.10. The first kappa shape index (κ1) is 10.1. The molecular formula is C9H13N5S. The number of rotatable bonds is 4. The largest absolute Gasteiger partial charge is 0.355 e. The van der Waals surface area contributed by atoms with Crippen LogP contribution in [0.15, 0.2) is 12.3 Å². The van der Waals surface area contributed by atoms with Crippen LogP contribution in [0.1, 0.15) is 31.3 Å². The van der Waals surface area contributed by atoms with Crippen molar-refractivity contribution < 1.29 is 0 Å². The first-order valence-electron chi connectivity index (χ1n) is 4.81. The third-order valence-corrected chi connectivity index (χ3v) is 2.63. The van der Waals surface area contributed by atoms with Gasteiger partial charge in [0.15, 0.2) is 0 Å². The van der Waals surface area contributed by atoms with Crippen LogP contribution in [-0.4, -0.2) is 19.6 Å². The van der Waals surface area contributed by atoms with E-state index in [0.29, 0.717) is 12.5 Å². The highest BCUT2D eigenvalue weighted by Gasteiger charge is 2.06. The van der Waals surface area contributed by atoms with Gasteiger partial charge in [-0.15, -0.1) is 0 Å². The van der Waals surface area contributed by atoms with E-state index in [-0.39, 0.29) is 0 Å². The number of aromatic nitrogens is 4. The summed E-state index contributed by atoms with van der Waals surface area (Å²) in [5.41, 5.74) is 1.04. The molecule has 80 valence electrons. The maximum absolute atomic E-state index is 4.37. The Balaban J connectivity index is 1.94. The second kappa shape index (κ2) is 4.39. The Morgan fingerprint density at radius 2 is 2.40 bits per heavy atom. The van der Waals surface area contributed by atoms with E-state index >= 15 is 0 Å². The van der Waals surface area contributed by atoms with Gasteiger partial charge in [0, 0.05) is 23.6 Å². The van der Waals surface area contributed by atoms with Gasteiger partial charge >= 0.3 is 0 Å². The number of aromatic amines is 1. The van der Waals surface area contributed by atoms with Crippen LogP contribution in [0.25, 0.3) is 0 Å². The molecule has 2 N–H and O–H groups in total. The van der Waals surface area contributed by atoms with Gasteiger partial charge in [0.25, 0.3) is 0 Å². The van der Waals surface area contributed by atoms with E-state index in [1.165, 1.54) is 11.5 Å². The SMILES string of the molecule is CC(C)c1nsc(NCc2ccn[nH]2)n1. The highest BCUT2D eigenvalue weighted by molar-refractivity contribution is 7.09. The van der Waals surface area contributed by atoms with Crippen molar-refractivity contribution in [3.63, 3.8) is 0 Å². The Morgan fingerprint density at radius 3 is 3.00 bits per heavy atom. The summed E-state index contributed by atoms with van der Waals surface area (Å²) in [6.07, 6.45) is 1.73. The summed E-state index contributed by atoms with van der Waals surface area (Å²) >= 11 is 1.39. The number of hydrogen-bond acceptors (Lipinski definition) is 5. The highest BCUT2D eigenvalue weighted by atomic mass is 32.1. The molecule has 0 aliphatic carbocycles. The molecular weight excluding hydrogens is 210 g/mol. The average molecular weight is 223 g/mol. The smallest absolute Gasteiger partial charge is 0.202 e. The molecule has 2 aromatic rings. The van der Waals surface area contributed by atoms with Gasteiger partial charge in [-0.1, -0.05) is 13.8 Å². The molecule has 0 saturated heterocycles. The molecule has 5 nitrogen and oxygen atoms in total. The molecule has 0 aliphatic heterocycles. The van der Waals surface area contributed by atoms with E-state index in [1.807, 2.05) is 6.07 Å². The maximum Gasteiger partial charge on any atom is 0.202 e. The quantitative estimate of drug-likeness (QED) is 0.832. The first-order chi connectivity index (χ1) is 7.25. The molecule has 0 aromatic carbocycles. The fraction of sp³-hybridized carbons (Fsp3) is 0.444. The zero-order chi connectivity index (χ0) is 10.7. The Hall–Kier alpha value is -1.43. The summed E-state index contributed by atoms with van der Waals surface area (Å²) in [6.45, 7) is 4.87. The van der Waals surface area contributed by atoms with Crippen LogP contribution in [0.3, 0.4) is 0 Å². The third kappa shape index (κ3) is 2.53. The minimum absolute atomic E-state index is 0.379. The van der Waals surface area contributed by atoms with E-state index in [9.17, 15) is 0 Å². The summed E-state index contributed by atoms with van der Waals surface area (Å²) in [7, 11) is 0. The van der Waals surface area contributed by atoms with Gasteiger partial charge in [0.1, 0.15) is 5.82 Å². The van der Waals surface area contributed by atoms with Crippen molar-refractivity contribution in [3.8, 4) is 0 Å². The number of nitrogens with one attached hydrogen (secondary N) is 2. The van der Waals surface area contributed by atoms with Crippen molar-refractivity contribution in [1.82, 2.24) is 19.6 Å². The van der Waals surface area contributed by atoms with Gasteiger partial charge < -0.3 is 5.32 Å². The predicted octanol–water partition coefficient (Wildman–Crippen LogP) is 2.00. The van der Waals surface area contributed by atoms with Crippen molar-refractivity contribution in [2.45, 2.75) is 26.3 Å². The van der Waals surface area contributed by atoms with Gasteiger partial charge in [-0.2, -0.15) is 9.47 Å². The zero-order valence-corrected chi connectivity index (χ0v) is 9.51. The lowest BCUT2D eigenvalue weighted by atomic mass is 10.2. The van der Waals surface area contributed by atoms with Crippen molar-refractivity contribution in [2.24, 2.45) is 0 Å². The fourth-order valence-corrected chi connectivity index (χ4v) is 1.80. The van der Waals surface area contributed by atoms with E-state index in [0.717, 1.165) is 16.6 Å². The molecule has 0 bridgehead atoms. The summed E-state index contributed by atoms with van der Waals surface area (Å²) in [5.74, 6) is 1.27. The molecule has 15 heavy (non-hydrogen) atoms. The van der Waals surface area contributed by atoms with Crippen molar-refractivity contribution >= 4 is 16.7 Å². The lowest BCUT2D eigenvalue weighted by Gasteiger charge is -1.98. The predicted molar refractivity (Wildman–Crippen MR) is 59.9 cm³/mol. The molecule has 0 amide bonds. The molecule has 2 aromatic heterocycles. The van der Waals surface area contributed by atoms with E-state index < -0.39 is 0 Å². The second-order valence-corrected chi connectivity index (χ2v) is 4.30. The minimum atomic E-state index is 0.379. The Bertz CT molecular complexity index is 406. The van der Waals surface area contributed by atoms with Crippen LogP contribution < -0.4 is 5.32 Å². The number of nitrogens with zero attached hydrogens (tertiary/aromatic N) is 3. The van der Waals surface area contributed by atoms with E-state index in [4.69, 9.17) is 0 Å². The Kier molecular flexibility index (Phi) is 2.96. The molecule has 0 radical (unpaired) electrons. The summed E-state index contributed by atoms with van der Waals surface area (Å²) in [5, 5.41) is 10.8. The Labute approximate surface area is 92.1 Å². The van der Waals surface area contributed by atoms with E-state index in [1.54, 1.807) is 6.20 Å². The summed E-state index contributed by atoms with van der Waals surface area (Å²) < 4.78 is 4.26. The van der Waals surface area contributed by atoms with Crippen LogP contribution in [0.2, 0.25) is 0 Å². The second-order valence-electron chi connectivity index (χ2n) is 3.55. The molecule has 0 saturated carbocycles. The summed E-state index contributed by atoms with van der Waals surface area (Å²) in [6, 6.07) is 1.93. The number of H-pyrrole nitrogens is 1. The normalized spacial score (nSPS) is 10.9. The molecule has 2 heterocycles. The van der Waals surface area contributed by atoms with Gasteiger partial charge in [0.05, 0.1) is 12.2 Å². The van der Waals surface area contributed by atoms with Gasteiger partial charge in [-0.25, -0.2) is 4.98 Å². The standard InChI is InChI=1S/C9H13N5S/c1-6(2)8-12-9(15-14-8)10-5-7-3-4-11-13-7/h3-4,6H,5H2,1-2H3,(H,11,13)(H,10,12,14). The highest BCUT2D eigenvalue weighted by Crippen LogP contribution is 2.17. The van der Waals surface area contributed by atoms with Crippen LogP contribution in [-0.2, 0) is 6.54 Å². The first-order valence-corrected chi connectivity index (χ1v) is 5.59. The average Bonchev–Trinajstić information content (AvgIpc) is 2.86. The molecule has 0 unspecified atom stereocenters. The monoisotopic (exact) mass is 223 g/mol.